The normalized spacial score (nSPS) is 16.1. The number of amides is 1. The van der Waals surface area contributed by atoms with Crippen LogP contribution < -0.4 is 20.1 Å². The highest BCUT2D eigenvalue weighted by Crippen LogP contribution is 2.23. The molecular weight excluding hydrogens is 334 g/mol. The standard InChI is InChI=1S/C18H21N5O3/c1-14(18(24)20-15-6-2-3-7-16(15)23(25)26)21-10-12-22(13-11-21)17-8-4-5-9-19-17/h2-9,14H,10-13H2,1H3,(H,20,24)/p+2/t14-/m0/s1. The van der Waals surface area contributed by atoms with Gasteiger partial charge in [0.2, 0.25) is 0 Å². The summed E-state index contributed by atoms with van der Waals surface area (Å²) in [6.07, 6.45) is 1.90. The molecule has 3 N–H and O–H groups in total. The number of nitro benzene ring substituents is 1. The van der Waals surface area contributed by atoms with Gasteiger partial charge in [0.15, 0.2) is 6.04 Å². The van der Waals surface area contributed by atoms with E-state index < -0.39 is 4.92 Å². The predicted octanol–water partition coefficient (Wildman–Crippen LogP) is 0.141. The van der Waals surface area contributed by atoms with Crippen LogP contribution in [0, 0.1) is 10.1 Å². The molecule has 1 aliphatic heterocycles. The first kappa shape index (κ1) is 17.8. The summed E-state index contributed by atoms with van der Waals surface area (Å²) in [7, 11) is 0. The molecule has 0 bridgehead atoms. The van der Waals surface area contributed by atoms with Gasteiger partial charge in [0, 0.05) is 12.1 Å². The number of para-hydroxylation sites is 2. The number of anilines is 2. The van der Waals surface area contributed by atoms with Gasteiger partial charge in [-0.2, -0.15) is 0 Å². The Morgan fingerprint density at radius 3 is 2.58 bits per heavy atom. The molecule has 1 aromatic heterocycles. The Hall–Kier alpha value is -3.00. The molecule has 1 aliphatic rings. The lowest BCUT2D eigenvalue weighted by atomic mass is 10.2. The average molecular weight is 357 g/mol. The summed E-state index contributed by atoms with van der Waals surface area (Å²) in [6, 6.07) is 11.9. The molecule has 2 heterocycles. The number of pyridine rings is 1. The van der Waals surface area contributed by atoms with Crippen molar-refractivity contribution in [2.45, 2.75) is 13.0 Å². The van der Waals surface area contributed by atoms with Gasteiger partial charge in [-0.1, -0.05) is 18.2 Å². The van der Waals surface area contributed by atoms with E-state index in [1.807, 2.05) is 31.3 Å². The second-order valence-corrected chi connectivity index (χ2v) is 6.38. The maximum Gasteiger partial charge on any atom is 0.292 e. The number of hydrogen-bond donors (Lipinski definition) is 2. The van der Waals surface area contributed by atoms with Gasteiger partial charge >= 0.3 is 0 Å². The van der Waals surface area contributed by atoms with Crippen molar-refractivity contribution in [1.82, 2.24) is 0 Å². The van der Waals surface area contributed by atoms with E-state index in [2.05, 4.69) is 15.2 Å². The Morgan fingerprint density at radius 1 is 1.23 bits per heavy atom. The van der Waals surface area contributed by atoms with E-state index in [1.165, 1.54) is 11.0 Å². The topological polar surface area (TPSA) is 94.1 Å². The first-order chi connectivity index (χ1) is 12.6. The zero-order valence-electron chi connectivity index (χ0n) is 14.6. The predicted molar refractivity (Wildman–Crippen MR) is 97.1 cm³/mol. The Kier molecular flexibility index (Phi) is 5.43. The number of hydrogen-bond acceptors (Lipinski definition) is 4. The number of aromatic amines is 1. The van der Waals surface area contributed by atoms with Crippen LogP contribution in [0.2, 0.25) is 0 Å². The molecule has 0 spiro atoms. The van der Waals surface area contributed by atoms with Gasteiger partial charge in [0.25, 0.3) is 17.4 Å². The molecule has 0 saturated carbocycles. The molecule has 0 radical (unpaired) electrons. The highest BCUT2D eigenvalue weighted by molar-refractivity contribution is 5.95. The lowest BCUT2D eigenvalue weighted by molar-refractivity contribution is -0.914. The van der Waals surface area contributed by atoms with E-state index >= 15 is 0 Å². The van der Waals surface area contributed by atoms with Crippen molar-refractivity contribution in [1.29, 1.82) is 0 Å². The molecule has 26 heavy (non-hydrogen) atoms. The van der Waals surface area contributed by atoms with Crippen LogP contribution in [-0.2, 0) is 4.79 Å². The summed E-state index contributed by atoms with van der Waals surface area (Å²) in [6.45, 7) is 5.21. The van der Waals surface area contributed by atoms with Gasteiger partial charge < -0.3 is 10.2 Å². The largest absolute Gasteiger partial charge is 0.318 e. The molecule has 1 aromatic carbocycles. The quantitative estimate of drug-likeness (QED) is 0.588. The van der Waals surface area contributed by atoms with Gasteiger partial charge in [0.1, 0.15) is 31.9 Å². The molecule has 1 amide bonds. The first-order valence-electron chi connectivity index (χ1n) is 8.67. The number of rotatable bonds is 5. The number of nitro groups is 1. The fourth-order valence-corrected chi connectivity index (χ4v) is 3.21. The lowest BCUT2D eigenvalue weighted by Crippen LogP contribution is -3.19. The van der Waals surface area contributed by atoms with E-state index in [9.17, 15) is 14.9 Å². The minimum Gasteiger partial charge on any atom is -0.318 e. The van der Waals surface area contributed by atoms with Gasteiger partial charge in [-0.05, 0) is 19.1 Å². The van der Waals surface area contributed by atoms with Crippen LogP contribution >= 0.6 is 0 Å². The number of nitrogens with one attached hydrogen (secondary N) is 3. The molecule has 1 saturated heterocycles. The average Bonchev–Trinajstić information content (AvgIpc) is 2.68. The molecule has 136 valence electrons. The van der Waals surface area contributed by atoms with Crippen molar-refractivity contribution in [3.63, 3.8) is 0 Å². The van der Waals surface area contributed by atoms with Gasteiger partial charge in [-0.3, -0.25) is 19.8 Å². The number of H-pyrrole nitrogens is 1. The maximum absolute atomic E-state index is 12.6. The fraction of sp³-hybridized carbons (Fsp3) is 0.333. The van der Waals surface area contributed by atoms with Crippen LogP contribution in [-0.4, -0.2) is 43.1 Å². The molecular formula is C18H23N5O3+2. The Balaban J connectivity index is 1.59. The second-order valence-electron chi connectivity index (χ2n) is 6.38. The van der Waals surface area contributed by atoms with Crippen LogP contribution in [0.15, 0.2) is 48.7 Å². The maximum atomic E-state index is 12.6. The molecule has 1 atom stereocenters. The minimum atomic E-state index is -0.484. The molecule has 1 fully saturated rings. The zero-order valence-corrected chi connectivity index (χ0v) is 14.6. The minimum absolute atomic E-state index is 0.0903. The third-order valence-corrected chi connectivity index (χ3v) is 4.80. The smallest absolute Gasteiger partial charge is 0.292 e. The van der Waals surface area contributed by atoms with Crippen LogP contribution in [0.1, 0.15) is 6.92 Å². The van der Waals surface area contributed by atoms with E-state index in [1.54, 1.807) is 18.2 Å². The summed E-state index contributed by atoms with van der Waals surface area (Å²) >= 11 is 0. The molecule has 0 aliphatic carbocycles. The number of nitrogens with zero attached hydrogens (tertiary/aromatic N) is 2. The Morgan fingerprint density at radius 2 is 1.92 bits per heavy atom. The third-order valence-electron chi connectivity index (χ3n) is 4.80. The van der Waals surface area contributed by atoms with Gasteiger partial charge in [-0.25, -0.2) is 4.98 Å². The summed E-state index contributed by atoms with van der Waals surface area (Å²) in [4.78, 5) is 29.8. The Labute approximate surface area is 151 Å². The van der Waals surface area contributed by atoms with E-state index in [4.69, 9.17) is 0 Å². The van der Waals surface area contributed by atoms with E-state index in [0.29, 0.717) is 0 Å². The van der Waals surface area contributed by atoms with Crippen molar-refractivity contribution in [2.24, 2.45) is 0 Å². The monoisotopic (exact) mass is 357 g/mol. The van der Waals surface area contributed by atoms with Crippen LogP contribution in [0.25, 0.3) is 0 Å². The van der Waals surface area contributed by atoms with Crippen LogP contribution in [0.5, 0.6) is 0 Å². The number of carbonyl (C=O) groups excluding carboxylic acids is 1. The lowest BCUT2D eigenvalue weighted by Gasteiger charge is -2.31. The molecule has 0 unspecified atom stereocenters. The van der Waals surface area contributed by atoms with Crippen LogP contribution in [0.4, 0.5) is 17.2 Å². The highest BCUT2D eigenvalue weighted by Gasteiger charge is 2.33. The van der Waals surface area contributed by atoms with Crippen molar-refractivity contribution < 1.29 is 19.6 Å². The van der Waals surface area contributed by atoms with E-state index in [0.717, 1.165) is 32.0 Å². The zero-order chi connectivity index (χ0) is 18.5. The fourth-order valence-electron chi connectivity index (χ4n) is 3.21. The highest BCUT2D eigenvalue weighted by atomic mass is 16.6. The molecule has 8 heteroatoms. The number of piperazine rings is 1. The van der Waals surface area contributed by atoms with Gasteiger partial charge in [-0.15, -0.1) is 0 Å². The molecule has 8 nitrogen and oxygen atoms in total. The second kappa shape index (κ2) is 7.92. The number of quaternary nitrogens is 1. The summed E-state index contributed by atoms with van der Waals surface area (Å²) in [5.41, 5.74) is 0.152. The van der Waals surface area contributed by atoms with Crippen molar-refractivity contribution in [3.05, 3.63) is 58.8 Å². The number of aromatic nitrogens is 1. The van der Waals surface area contributed by atoms with Gasteiger partial charge in [0.05, 0.1) is 11.1 Å². The van der Waals surface area contributed by atoms with Crippen molar-refractivity contribution >= 4 is 23.1 Å². The summed E-state index contributed by atoms with van der Waals surface area (Å²) in [5.74, 6) is 0.873. The van der Waals surface area contributed by atoms with E-state index in [-0.39, 0.29) is 23.3 Å². The Bertz CT molecular complexity index is 775. The van der Waals surface area contributed by atoms with Crippen LogP contribution in [0.3, 0.4) is 0 Å². The van der Waals surface area contributed by atoms with Crippen molar-refractivity contribution in [2.75, 3.05) is 36.4 Å². The molecule has 3 rings (SSSR count). The summed E-state index contributed by atoms with van der Waals surface area (Å²) < 4.78 is 0. The van der Waals surface area contributed by atoms with Crippen molar-refractivity contribution in [3.8, 4) is 0 Å². The number of carbonyl (C=O) groups is 1. The molecule has 2 aromatic rings. The SMILES string of the molecule is C[C@@H](C(=O)Nc1ccccc1[N+](=O)[O-])[NH+]1CCN(c2cccc[nH+]2)CC1. The first-order valence-corrected chi connectivity index (χ1v) is 8.67. The summed E-state index contributed by atoms with van der Waals surface area (Å²) in [5, 5.41) is 13.8. The third kappa shape index (κ3) is 3.97. The number of benzene rings is 1.